The van der Waals surface area contributed by atoms with E-state index in [-0.39, 0.29) is 17.7 Å². The molecule has 3 aromatic rings. The van der Waals surface area contributed by atoms with Gasteiger partial charge < -0.3 is 9.64 Å². The van der Waals surface area contributed by atoms with E-state index in [0.29, 0.717) is 15.7 Å². The van der Waals surface area contributed by atoms with Crippen LogP contribution in [-0.2, 0) is 20.9 Å². The van der Waals surface area contributed by atoms with Crippen molar-refractivity contribution in [3.8, 4) is 11.1 Å². The van der Waals surface area contributed by atoms with Crippen LogP contribution in [0.5, 0.6) is 0 Å². The number of esters is 1. The minimum atomic E-state index is -0.705. The molecular formula is C27H26N2O4S2. The third-order valence-corrected chi connectivity index (χ3v) is 7.95. The molecule has 0 amide bonds. The maximum atomic E-state index is 13.1. The Kier molecular flexibility index (Phi) is 7.42. The standard InChI is InChI=1S/C27H26N2O4S2/c1-5-29-25(31)22(35-26(29)24(17(3)30)27(32)33-6-2)14-15-23-28(4)20-16-19(12-13-21(20)34-23)18-10-8-7-9-11-18/h7-16H,5-6H2,1-4H3. The molecule has 0 saturated heterocycles. The lowest BCUT2D eigenvalue weighted by Gasteiger charge is -2.14. The number of thiazole rings is 1. The van der Waals surface area contributed by atoms with E-state index in [0.717, 1.165) is 38.1 Å². The molecule has 6 nitrogen and oxygen atoms in total. The van der Waals surface area contributed by atoms with Gasteiger partial charge in [0.2, 0.25) is 0 Å². The predicted octanol–water partition coefficient (Wildman–Crippen LogP) is 3.76. The average Bonchev–Trinajstić information content (AvgIpc) is 3.33. The summed E-state index contributed by atoms with van der Waals surface area (Å²) < 4.78 is 7.30. The zero-order valence-corrected chi connectivity index (χ0v) is 21.7. The SMILES string of the molecule is CCOC(=O)C(C(C)=O)=c1sc(=CC=C2Sc3ccc(-c4ccccc4)cc3N2C)c(=O)n1CC. The summed E-state index contributed by atoms with van der Waals surface area (Å²) in [5.41, 5.74) is 3.08. The highest BCUT2D eigenvalue weighted by atomic mass is 32.2. The summed E-state index contributed by atoms with van der Waals surface area (Å²) in [4.78, 5) is 40.9. The first kappa shape index (κ1) is 24.8. The van der Waals surface area contributed by atoms with Crippen molar-refractivity contribution in [3.63, 3.8) is 0 Å². The van der Waals surface area contributed by atoms with E-state index >= 15 is 0 Å². The number of hydrogen-bond donors (Lipinski definition) is 0. The van der Waals surface area contributed by atoms with E-state index in [2.05, 4.69) is 35.2 Å². The van der Waals surface area contributed by atoms with Crippen molar-refractivity contribution in [2.45, 2.75) is 32.2 Å². The Hall–Kier alpha value is -3.36. The number of thioether (sulfide) groups is 1. The molecule has 0 atom stereocenters. The van der Waals surface area contributed by atoms with Crippen LogP contribution in [0.1, 0.15) is 20.8 Å². The van der Waals surface area contributed by atoms with Gasteiger partial charge in [0, 0.05) is 18.5 Å². The normalized spacial score (nSPS) is 15.4. The van der Waals surface area contributed by atoms with E-state index in [1.807, 2.05) is 38.2 Å². The van der Waals surface area contributed by atoms with Gasteiger partial charge in [-0.25, -0.2) is 4.79 Å². The van der Waals surface area contributed by atoms with Crippen LogP contribution in [0.4, 0.5) is 5.69 Å². The van der Waals surface area contributed by atoms with Gasteiger partial charge in [-0.3, -0.25) is 14.2 Å². The van der Waals surface area contributed by atoms with Crippen LogP contribution in [0.15, 0.2) is 69.3 Å². The number of aromatic nitrogens is 1. The summed E-state index contributed by atoms with van der Waals surface area (Å²) in [6.07, 6.45) is 3.66. The molecule has 0 radical (unpaired) electrons. The van der Waals surface area contributed by atoms with Crippen LogP contribution in [0.25, 0.3) is 22.8 Å². The van der Waals surface area contributed by atoms with E-state index in [1.54, 1.807) is 24.8 Å². The zero-order chi connectivity index (χ0) is 25.1. The molecule has 0 N–H and O–H groups in total. The van der Waals surface area contributed by atoms with Gasteiger partial charge in [0.1, 0.15) is 10.2 Å². The number of nitrogens with zero attached hydrogens (tertiary/aromatic N) is 2. The number of Topliss-reactive ketones (excluding diaryl/α,β-unsaturated/α-hetero) is 1. The number of carbonyl (C=O) groups is 2. The number of ether oxygens (including phenoxy) is 1. The molecule has 8 heteroatoms. The second kappa shape index (κ2) is 10.5. The number of hydrogen-bond acceptors (Lipinski definition) is 7. The van der Waals surface area contributed by atoms with E-state index in [4.69, 9.17) is 4.74 Å². The van der Waals surface area contributed by atoms with Crippen LogP contribution < -0.4 is 19.7 Å². The van der Waals surface area contributed by atoms with Crippen molar-refractivity contribution >= 4 is 52.2 Å². The molecule has 0 fully saturated rings. The third-order valence-electron chi connectivity index (χ3n) is 5.62. The Balaban J connectivity index is 1.75. The van der Waals surface area contributed by atoms with Crippen LogP contribution in [-0.4, -0.2) is 30.0 Å². The fourth-order valence-corrected chi connectivity index (χ4v) is 6.09. The number of rotatable bonds is 6. The molecule has 1 aliphatic rings. The summed E-state index contributed by atoms with van der Waals surface area (Å²) in [5, 5.41) is 0.976. The first-order valence-corrected chi connectivity index (χ1v) is 12.9. The Labute approximate surface area is 211 Å². The highest BCUT2D eigenvalue weighted by Crippen LogP contribution is 2.46. The van der Waals surface area contributed by atoms with Crippen molar-refractivity contribution in [1.29, 1.82) is 0 Å². The van der Waals surface area contributed by atoms with Gasteiger partial charge in [0.15, 0.2) is 5.78 Å². The van der Waals surface area contributed by atoms with Crippen LogP contribution in [0.3, 0.4) is 0 Å². The molecule has 0 aliphatic carbocycles. The summed E-state index contributed by atoms with van der Waals surface area (Å²) in [7, 11) is 2.00. The van der Waals surface area contributed by atoms with E-state index in [1.165, 1.54) is 11.5 Å². The molecule has 4 rings (SSSR count). The summed E-state index contributed by atoms with van der Waals surface area (Å²) >= 11 is 2.76. The van der Waals surface area contributed by atoms with Gasteiger partial charge in [-0.1, -0.05) is 48.2 Å². The van der Waals surface area contributed by atoms with Gasteiger partial charge in [-0.15, -0.1) is 11.3 Å². The Bertz CT molecular complexity index is 1500. The fourth-order valence-electron chi connectivity index (χ4n) is 3.86. The number of fused-ring (bicyclic) bond motifs is 1. The molecule has 2 heterocycles. The first-order chi connectivity index (χ1) is 16.8. The van der Waals surface area contributed by atoms with Gasteiger partial charge >= 0.3 is 5.97 Å². The topological polar surface area (TPSA) is 68.6 Å². The third kappa shape index (κ3) is 4.90. The largest absolute Gasteiger partial charge is 0.462 e. The molecule has 1 aliphatic heterocycles. The number of ketones is 1. The molecule has 2 aromatic carbocycles. The van der Waals surface area contributed by atoms with Gasteiger partial charge in [0.25, 0.3) is 5.56 Å². The van der Waals surface area contributed by atoms with Crippen molar-refractivity contribution < 1.29 is 14.3 Å². The van der Waals surface area contributed by atoms with E-state index in [9.17, 15) is 14.4 Å². The maximum Gasteiger partial charge on any atom is 0.344 e. The Morgan fingerprint density at radius 1 is 1.03 bits per heavy atom. The minimum absolute atomic E-state index is 0.0868. The Morgan fingerprint density at radius 3 is 2.43 bits per heavy atom. The van der Waals surface area contributed by atoms with Crippen molar-refractivity contribution in [2.24, 2.45) is 0 Å². The first-order valence-electron chi connectivity index (χ1n) is 11.3. The van der Waals surface area contributed by atoms with Crippen molar-refractivity contribution in [3.05, 3.63) is 79.2 Å². The monoisotopic (exact) mass is 506 g/mol. The van der Waals surface area contributed by atoms with Crippen molar-refractivity contribution in [1.82, 2.24) is 4.57 Å². The van der Waals surface area contributed by atoms with E-state index < -0.39 is 11.8 Å². The Morgan fingerprint density at radius 2 is 1.77 bits per heavy atom. The lowest BCUT2D eigenvalue weighted by atomic mass is 10.1. The average molecular weight is 507 g/mol. The maximum absolute atomic E-state index is 13.1. The predicted molar refractivity (Wildman–Crippen MR) is 143 cm³/mol. The number of carbonyl (C=O) groups excluding carboxylic acids is 2. The van der Waals surface area contributed by atoms with Crippen LogP contribution in [0, 0.1) is 0 Å². The lowest BCUT2D eigenvalue weighted by molar-refractivity contribution is -0.137. The number of anilines is 1. The van der Waals surface area contributed by atoms with Gasteiger partial charge in [0.05, 0.1) is 21.9 Å². The smallest absolute Gasteiger partial charge is 0.344 e. The molecule has 180 valence electrons. The molecule has 0 saturated carbocycles. The molecular weight excluding hydrogens is 480 g/mol. The second-order valence-corrected chi connectivity index (χ2v) is 9.95. The fraction of sp³-hybridized carbons (Fsp3) is 0.222. The summed E-state index contributed by atoms with van der Waals surface area (Å²) in [6, 6.07) is 16.6. The molecule has 0 spiro atoms. The highest BCUT2D eigenvalue weighted by Gasteiger charge is 2.23. The molecule has 0 bridgehead atoms. The lowest BCUT2D eigenvalue weighted by Crippen LogP contribution is -2.33. The second-order valence-electron chi connectivity index (χ2n) is 7.85. The number of allylic oxidation sites excluding steroid dienone is 1. The quantitative estimate of drug-likeness (QED) is 0.375. The van der Waals surface area contributed by atoms with Gasteiger partial charge in [-0.05, 0) is 56.2 Å². The number of benzene rings is 2. The van der Waals surface area contributed by atoms with Crippen molar-refractivity contribution in [2.75, 3.05) is 18.6 Å². The summed E-state index contributed by atoms with van der Waals surface area (Å²) in [5.74, 6) is -1.13. The highest BCUT2D eigenvalue weighted by molar-refractivity contribution is 8.03. The van der Waals surface area contributed by atoms with Crippen LogP contribution >= 0.6 is 23.1 Å². The minimum Gasteiger partial charge on any atom is -0.462 e. The zero-order valence-electron chi connectivity index (χ0n) is 20.0. The van der Waals surface area contributed by atoms with Crippen LogP contribution in [0.2, 0.25) is 0 Å². The molecule has 1 aromatic heterocycles. The van der Waals surface area contributed by atoms with Gasteiger partial charge in [-0.2, -0.15) is 0 Å². The summed E-state index contributed by atoms with van der Waals surface area (Å²) in [6.45, 7) is 5.29. The molecule has 35 heavy (non-hydrogen) atoms. The molecule has 0 unspecified atom stereocenters.